The number of carbonyl (C=O) groups is 4. The zero-order valence-electron chi connectivity index (χ0n) is 29.0. The molecule has 0 aliphatic heterocycles. The third-order valence-corrected chi connectivity index (χ3v) is 7.69. The molecule has 0 aromatic carbocycles. The number of rotatable bonds is 28. The zero-order chi connectivity index (χ0) is 35.5. The van der Waals surface area contributed by atoms with Crippen molar-refractivity contribution in [3.63, 3.8) is 0 Å². The SMILES string of the molecule is CCCCCCCCCCCCCCNC(=O)N[C@@H](CCCN=C(N)N)C(=O)N[C@H](C(=O)N[C@@H](CCCN=C(N)N)C(=O)O)C(C)C. The summed E-state index contributed by atoms with van der Waals surface area (Å²) in [6, 6.07) is -3.72. The number of aliphatic imine (C=N–C) groups is 2. The quantitative estimate of drug-likeness (QED) is 0.0335. The van der Waals surface area contributed by atoms with Gasteiger partial charge < -0.3 is 49.3 Å². The molecule has 272 valence electrons. The van der Waals surface area contributed by atoms with Crippen LogP contribution in [0.5, 0.6) is 0 Å². The minimum atomic E-state index is -1.22. The molecule has 0 saturated carbocycles. The van der Waals surface area contributed by atoms with Crippen LogP contribution >= 0.6 is 0 Å². The summed E-state index contributed by atoms with van der Waals surface area (Å²) >= 11 is 0. The van der Waals surface area contributed by atoms with Crippen LogP contribution in [0, 0.1) is 5.92 Å². The minimum Gasteiger partial charge on any atom is -0.480 e. The Kier molecular flexibility index (Phi) is 25.1. The predicted octanol–water partition coefficient (Wildman–Crippen LogP) is 2.17. The smallest absolute Gasteiger partial charge is 0.326 e. The summed E-state index contributed by atoms with van der Waals surface area (Å²) in [5.74, 6) is -3.02. The van der Waals surface area contributed by atoms with Gasteiger partial charge in [0.1, 0.15) is 18.1 Å². The highest BCUT2D eigenvalue weighted by Gasteiger charge is 2.31. The molecule has 0 rings (SSSR count). The van der Waals surface area contributed by atoms with Crippen molar-refractivity contribution in [2.45, 2.75) is 142 Å². The summed E-state index contributed by atoms with van der Waals surface area (Å²) in [6.07, 6.45) is 15.6. The number of hydrogen-bond donors (Lipinski definition) is 9. The first-order valence-corrected chi connectivity index (χ1v) is 17.4. The highest BCUT2D eigenvalue weighted by Crippen LogP contribution is 2.12. The summed E-state index contributed by atoms with van der Waals surface area (Å²) in [6.45, 7) is 6.62. The molecular weight excluding hydrogens is 604 g/mol. The lowest BCUT2D eigenvalue weighted by Crippen LogP contribution is -2.58. The highest BCUT2D eigenvalue weighted by atomic mass is 16.4. The minimum absolute atomic E-state index is 0.0815. The van der Waals surface area contributed by atoms with Gasteiger partial charge >= 0.3 is 12.0 Å². The number of unbranched alkanes of at least 4 members (excludes halogenated alkanes) is 11. The number of urea groups is 1. The number of guanidine groups is 2. The lowest BCUT2D eigenvalue weighted by molar-refractivity contribution is -0.142. The Labute approximate surface area is 281 Å². The molecule has 0 heterocycles. The van der Waals surface area contributed by atoms with Crippen molar-refractivity contribution in [3.8, 4) is 0 Å². The van der Waals surface area contributed by atoms with E-state index in [4.69, 9.17) is 22.9 Å². The van der Waals surface area contributed by atoms with Crippen molar-refractivity contribution in [1.82, 2.24) is 21.3 Å². The standard InChI is InChI=1S/C32H64N10O5/c1-4-5-6-7-8-9-10-11-12-13-14-15-20-39-32(47)41-24(18-16-21-37-30(33)34)27(43)42-26(23(2)3)28(44)40-25(29(45)46)19-17-22-38-31(35)36/h23-26H,4-22H2,1-3H3,(H,40,44)(H,42,43)(H,45,46)(H4,33,34,37)(H4,35,36,38)(H2,39,41,47)/t24-,25-,26-/m0/s1. The number of amides is 4. The van der Waals surface area contributed by atoms with Crippen LogP contribution in [0.4, 0.5) is 4.79 Å². The Hall–Kier alpha value is -3.78. The van der Waals surface area contributed by atoms with Gasteiger partial charge in [0.15, 0.2) is 11.9 Å². The highest BCUT2D eigenvalue weighted by molar-refractivity contribution is 5.93. The van der Waals surface area contributed by atoms with Crippen LogP contribution in [-0.2, 0) is 14.4 Å². The van der Waals surface area contributed by atoms with Crippen molar-refractivity contribution in [1.29, 1.82) is 0 Å². The molecule has 0 aromatic heterocycles. The van der Waals surface area contributed by atoms with Gasteiger partial charge in [-0.2, -0.15) is 0 Å². The number of nitrogens with zero attached hydrogens (tertiary/aromatic N) is 2. The number of hydrogen-bond acceptors (Lipinski definition) is 6. The van der Waals surface area contributed by atoms with Gasteiger partial charge in [-0.3, -0.25) is 19.6 Å². The van der Waals surface area contributed by atoms with Gasteiger partial charge in [-0.05, 0) is 38.0 Å². The van der Waals surface area contributed by atoms with Crippen LogP contribution in [-0.4, -0.2) is 78.6 Å². The Morgan fingerprint density at radius 2 is 1.09 bits per heavy atom. The Balaban J connectivity index is 4.94. The molecule has 4 amide bonds. The number of aliphatic carboxylic acids is 1. The molecule has 15 nitrogen and oxygen atoms in total. The molecule has 0 unspecified atom stereocenters. The van der Waals surface area contributed by atoms with Gasteiger partial charge in [0, 0.05) is 19.6 Å². The fourth-order valence-corrected chi connectivity index (χ4v) is 4.96. The fraction of sp³-hybridized carbons (Fsp3) is 0.812. The molecule has 0 fully saturated rings. The number of carboxylic acids is 1. The first-order valence-electron chi connectivity index (χ1n) is 17.4. The second-order valence-electron chi connectivity index (χ2n) is 12.4. The molecule has 47 heavy (non-hydrogen) atoms. The number of nitrogens with one attached hydrogen (secondary N) is 4. The fourth-order valence-electron chi connectivity index (χ4n) is 4.96. The Morgan fingerprint density at radius 3 is 1.53 bits per heavy atom. The van der Waals surface area contributed by atoms with Crippen LogP contribution in [0.1, 0.15) is 124 Å². The first-order chi connectivity index (χ1) is 22.4. The molecule has 0 aliphatic rings. The van der Waals surface area contributed by atoms with Crippen LogP contribution in [0.25, 0.3) is 0 Å². The van der Waals surface area contributed by atoms with Crippen LogP contribution in [0.2, 0.25) is 0 Å². The molecule has 0 bridgehead atoms. The molecule has 0 saturated heterocycles. The predicted molar refractivity (Wildman–Crippen MR) is 188 cm³/mol. The van der Waals surface area contributed by atoms with Gasteiger partial charge in [0.05, 0.1) is 0 Å². The van der Waals surface area contributed by atoms with Gasteiger partial charge in [-0.15, -0.1) is 0 Å². The number of nitrogens with two attached hydrogens (primary N) is 4. The Bertz CT molecular complexity index is 953. The summed E-state index contributed by atoms with van der Waals surface area (Å²) in [7, 11) is 0. The van der Waals surface area contributed by atoms with E-state index in [1.165, 1.54) is 57.8 Å². The van der Waals surface area contributed by atoms with Gasteiger partial charge in [-0.1, -0.05) is 91.4 Å². The maximum absolute atomic E-state index is 13.3. The van der Waals surface area contributed by atoms with E-state index in [2.05, 4.69) is 38.2 Å². The monoisotopic (exact) mass is 669 g/mol. The molecule has 15 heteroatoms. The van der Waals surface area contributed by atoms with Crippen molar-refractivity contribution < 1.29 is 24.3 Å². The summed E-state index contributed by atoms with van der Waals surface area (Å²) < 4.78 is 0. The normalized spacial score (nSPS) is 12.8. The largest absolute Gasteiger partial charge is 0.480 e. The van der Waals surface area contributed by atoms with Gasteiger partial charge in [-0.25, -0.2) is 9.59 Å². The molecule has 0 aromatic rings. The molecule has 0 spiro atoms. The van der Waals surface area contributed by atoms with Crippen molar-refractivity contribution in [2.24, 2.45) is 38.8 Å². The number of carboxylic acid groups (broad SMARTS) is 1. The summed E-state index contributed by atoms with van der Waals surface area (Å²) in [5, 5.41) is 20.3. The Morgan fingerprint density at radius 1 is 0.617 bits per heavy atom. The average Bonchev–Trinajstić information content (AvgIpc) is 3.00. The number of carbonyl (C=O) groups excluding carboxylic acids is 3. The lowest BCUT2D eigenvalue weighted by atomic mass is 10.0. The van der Waals surface area contributed by atoms with E-state index in [1.807, 2.05) is 0 Å². The van der Waals surface area contributed by atoms with E-state index in [0.29, 0.717) is 19.4 Å². The third-order valence-electron chi connectivity index (χ3n) is 7.69. The van der Waals surface area contributed by atoms with Crippen molar-refractivity contribution in [2.75, 3.05) is 19.6 Å². The molecule has 3 atom stereocenters. The molecule has 13 N–H and O–H groups in total. The third kappa shape index (κ3) is 24.1. The zero-order valence-corrected chi connectivity index (χ0v) is 29.0. The van der Waals surface area contributed by atoms with Crippen molar-refractivity contribution in [3.05, 3.63) is 0 Å². The molecular formula is C32H64N10O5. The van der Waals surface area contributed by atoms with Crippen LogP contribution < -0.4 is 44.2 Å². The molecule has 0 aliphatic carbocycles. The van der Waals surface area contributed by atoms with Gasteiger partial charge in [0.2, 0.25) is 11.8 Å². The first kappa shape index (κ1) is 43.2. The van der Waals surface area contributed by atoms with E-state index in [9.17, 15) is 24.3 Å². The summed E-state index contributed by atoms with van der Waals surface area (Å²) in [4.78, 5) is 58.7. The second-order valence-corrected chi connectivity index (χ2v) is 12.4. The van der Waals surface area contributed by atoms with E-state index >= 15 is 0 Å². The van der Waals surface area contributed by atoms with E-state index in [-0.39, 0.29) is 43.8 Å². The topological polar surface area (TPSA) is 265 Å². The van der Waals surface area contributed by atoms with Crippen LogP contribution in [0.3, 0.4) is 0 Å². The molecule has 0 radical (unpaired) electrons. The van der Waals surface area contributed by atoms with Crippen molar-refractivity contribution >= 4 is 35.7 Å². The maximum Gasteiger partial charge on any atom is 0.326 e. The van der Waals surface area contributed by atoms with E-state index in [1.54, 1.807) is 13.8 Å². The van der Waals surface area contributed by atoms with E-state index in [0.717, 1.165) is 19.3 Å². The van der Waals surface area contributed by atoms with Gasteiger partial charge in [0.25, 0.3) is 0 Å². The maximum atomic E-state index is 13.3. The second kappa shape index (κ2) is 27.3. The average molecular weight is 669 g/mol. The van der Waals surface area contributed by atoms with E-state index < -0.39 is 41.9 Å². The lowest BCUT2D eigenvalue weighted by Gasteiger charge is -2.26. The van der Waals surface area contributed by atoms with Crippen LogP contribution in [0.15, 0.2) is 9.98 Å². The summed E-state index contributed by atoms with van der Waals surface area (Å²) in [5.41, 5.74) is 21.4.